The van der Waals surface area contributed by atoms with Crippen LogP contribution in [-0.4, -0.2) is 17.1 Å². The first kappa shape index (κ1) is 16.7. The van der Waals surface area contributed by atoms with Gasteiger partial charge in [0.1, 0.15) is 0 Å². The molecule has 0 saturated heterocycles. The molecule has 1 amide bonds. The number of hydrogen-bond acceptors (Lipinski definition) is 2. The van der Waals surface area contributed by atoms with Crippen LogP contribution in [0.15, 0.2) is 30.3 Å². The number of aliphatic hydroxyl groups excluding tert-OH is 1. The molecule has 112 valence electrons. The van der Waals surface area contributed by atoms with Crippen molar-refractivity contribution in [2.75, 3.05) is 0 Å². The van der Waals surface area contributed by atoms with E-state index in [0.717, 1.165) is 18.4 Å². The van der Waals surface area contributed by atoms with Gasteiger partial charge in [0.05, 0.1) is 6.10 Å². The minimum atomic E-state index is -0.528. The van der Waals surface area contributed by atoms with Crippen molar-refractivity contribution in [1.29, 1.82) is 0 Å². The van der Waals surface area contributed by atoms with Crippen molar-refractivity contribution in [2.24, 2.45) is 5.92 Å². The molecule has 3 heteroatoms. The Morgan fingerprint density at radius 2 is 1.90 bits per heavy atom. The fraction of sp³-hybridized carbons (Fsp3) is 0.588. The molecule has 1 aromatic carbocycles. The lowest BCUT2D eigenvalue weighted by molar-refractivity contribution is -0.122. The van der Waals surface area contributed by atoms with Crippen LogP contribution in [-0.2, 0) is 4.79 Å². The molecule has 0 aliphatic rings. The lowest BCUT2D eigenvalue weighted by Crippen LogP contribution is -2.34. The minimum Gasteiger partial charge on any atom is -0.388 e. The van der Waals surface area contributed by atoms with Gasteiger partial charge in [0.2, 0.25) is 5.91 Å². The van der Waals surface area contributed by atoms with Crippen molar-refractivity contribution in [3.05, 3.63) is 35.9 Å². The van der Waals surface area contributed by atoms with Crippen molar-refractivity contribution >= 4 is 5.91 Å². The van der Waals surface area contributed by atoms with Crippen LogP contribution in [0, 0.1) is 5.92 Å². The zero-order valence-electron chi connectivity index (χ0n) is 12.8. The van der Waals surface area contributed by atoms with Gasteiger partial charge in [-0.1, -0.05) is 57.0 Å². The van der Waals surface area contributed by atoms with Gasteiger partial charge in [0.15, 0.2) is 0 Å². The SMILES string of the molecule is CCCC(C)CC(=O)NC(C)CC(O)c1ccccc1. The van der Waals surface area contributed by atoms with Gasteiger partial charge in [-0.15, -0.1) is 0 Å². The summed E-state index contributed by atoms with van der Waals surface area (Å²) in [5.74, 6) is 0.505. The Labute approximate surface area is 122 Å². The Bertz CT molecular complexity index is 391. The maximum Gasteiger partial charge on any atom is 0.220 e. The van der Waals surface area contributed by atoms with Crippen LogP contribution in [0.1, 0.15) is 58.1 Å². The molecule has 0 aromatic heterocycles. The van der Waals surface area contributed by atoms with E-state index in [4.69, 9.17) is 0 Å². The van der Waals surface area contributed by atoms with Gasteiger partial charge in [0, 0.05) is 12.5 Å². The van der Waals surface area contributed by atoms with Crippen molar-refractivity contribution in [3.8, 4) is 0 Å². The number of carbonyl (C=O) groups is 1. The van der Waals surface area contributed by atoms with Crippen LogP contribution in [0.25, 0.3) is 0 Å². The summed E-state index contributed by atoms with van der Waals surface area (Å²) >= 11 is 0. The predicted molar refractivity (Wildman–Crippen MR) is 82.3 cm³/mol. The number of aliphatic hydroxyl groups is 1. The Morgan fingerprint density at radius 1 is 1.25 bits per heavy atom. The molecule has 20 heavy (non-hydrogen) atoms. The fourth-order valence-electron chi connectivity index (χ4n) is 2.45. The third kappa shape index (κ3) is 6.20. The topological polar surface area (TPSA) is 49.3 Å². The van der Waals surface area contributed by atoms with Crippen molar-refractivity contribution in [3.63, 3.8) is 0 Å². The fourth-order valence-corrected chi connectivity index (χ4v) is 2.45. The number of carbonyl (C=O) groups excluding carboxylic acids is 1. The smallest absolute Gasteiger partial charge is 0.220 e. The van der Waals surface area contributed by atoms with E-state index in [0.29, 0.717) is 18.8 Å². The summed E-state index contributed by atoms with van der Waals surface area (Å²) in [6, 6.07) is 9.54. The Hall–Kier alpha value is -1.35. The Balaban J connectivity index is 2.36. The van der Waals surface area contributed by atoms with Crippen LogP contribution >= 0.6 is 0 Å². The van der Waals surface area contributed by atoms with Crippen molar-refractivity contribution < 1.29 is 9.90 Å². The second kappa shape index (κ2) is 8.75. The average Bonchev–Trinajstić information content (AvgIpc) is 2.39. The maximum absolute atomic E-state index is 11.9. The van der Waals surface area contributed by atoms with E-state index in [2.05, 4.69) is 19.2 Å². The lowest BCUT2D eigenvalue weighted by Gasteiger charge is -2.19. The number of amides is 1. The first-order valence-corrected chi connectivity index (χ1v) is 7.55. The first-order chi connectivity index (χ1) is 9.52. The summed E-state index contributed by atoms with van der Waals surface area (Å²) in [5, 5.41) is 13.1. The normalized spacial score (nSPS) is 15.4. The van der Waals surface area contributed by atoms with E-state index < -0.39 is 6.10 Å². The number of benzene rings is 1. The molecule has 0 bridgehead atoms. The number of nitrogens with one attached hydrogen (secondary N) is 1. The summed E-state index contributed by atoms with van der Waals surface area (Å²) in [7, 11) is 0. The maximum atomic E-state index is 11.9. The summed E-state index contributed by atoms with van der Waals surface area (Å²) in [6.45, 7) is 6.17. The molecule has 3 atom stereocenters. The third-order valence-corrected chi connectivity index (χ3v) is 3.48. The van der Waals surface area contributed by atoms with Gasteiger partial charge >= 0.3 is 0 Å². The number of hydrogen-bond donors (Lipinski definition) is 2. The zero-order valence-corrected chi connectivity index (χ0v) is 12.8. The first-order valence-electron chi connectivity index (χ1n) is 7.55. The second-order valence-corrected chi connectivity index (χ2v) is 5.73. The minimum absolute atomic E-state index is 0.0217. The van der Waals surface area contributed by atoms with Crippen LogP contribution in [0.4, 0.5) is 0 Å². The zero-order chi connectivity index (χ0) is 15.0. The molecule has 0 spiro atoms. The van der Waals surface area contributed by atoms with Crippen LogP contribution < -0.4 is 5.32 Å². The van der Waals surface area contributed by atoms with Gasteiger partial charge < -0.3 is 10.4 Å². The monoisotopic (exact) mass is 277 g/mol. The highest BCUT2D eigenvalue weighted by Crippen LogP contribution is 2.18. The van der Waals surface area contributed by atoms with E-state index in [-0.39, 0.29) is 11.9 Å². The van der Waals surface area contributed by atoms with Crippen molar-refractivity contribution in [2.45, 2.75) is 58.6 Å². The number of rotatable bonds is 8. The molecule has 2 N–H and O–H groups in total. The van der Waals surface area contributed by atoms with Crippen LogP contribution in [0.5, 0.6) is 0 Å². The van der Waals surface area contributed by atoms with Gasteiger partial charge in [-0.25, -0.2) is 0 Å². The lowest BCUT2D eigenvalue weighted by atomic mass is 10.0. The molecule has 3 nitrogen and oxygen atoms in total. The predicted octanol–water partition coefficient (Wildman–Crippen LogP) is 3.44. The van der Waals surface area contributed by atoms with Gasteiger partial charge in [0.25, 0.3) is 0 Å². The quantitative estimate of drug-likeness (QED) is 0.764. The summed E-state index contributed by atoms with van der Waals surface area (Å²) in [5.41, 5.74) is 0.896. The molecular formula is C17H27NO2. The molecule has 3 unspecified atom stereocenters. The van der Waals surface area contributed by atoms with E-state index in [1.165, 1.54) is 0 Å². The Morgan fingerprint density at radius 3 is 2.50 bits per heavy atom. The van der Waals surface area contributed by atoms with Crippen LogP contribution in [0.2, 0.25) is 0 Å². The summed E-state index contributed by atoms with van der Waals surface area (Å²) < 4.78 is 0. The summed E-state index contributed by atoms with van der Waals surface area (Å²) in [4.78, 5) is 11.9. The molecule has 0 aliphatic carbocycles. The van der Waals surface area contributed by atoms with Crippen molar-refractivity contribution in [1.82, 2.24) is 5.32 Å². The third-order valence-electron chi connectivity index (χ3n) is 3.48. The van der Waals surface area contributed by atoms with Gasteiger partial charge in [-0.05, 0) is 24.8 Å². The van der Waals surface area contributed by atoms with Gasteiger partial charge in [-0.3, -0.25) is 4.79 Å². The highest BCUT2D eigenvalue weighted by molar-refractivity contribution is 5.76. The second-order valence-electron chi connectivity index (χ2n) is 5.73. The van der Waals surface area contributed by atoms with E-state index in [9.17, 15) is 9.90 Å². The molecule has 1 aromatic rings. The molecule has 0 aliphatic heterocycles. The van der Waals surface area contributed by atoms with E-state index in [1.807, 2.05) is 37.3 Å². The molecule has 0 radical (unpaired) electrons. The highest BCUT2D eigenvalue weighted by Gasteiger charge is 2.15. The van der Waals surface area contributed by atoms with E-state index in [1.54, 1.807) is 0 Å². The largest absolute Gasteiger partial charge is 0.388 e. The average molecular weight is 277 g/mol. The summed E-state index contributed by atoms with van der Waals surface area (Å²) in [6.07, 6.45) is 2.77. The standard InChI is InChI=1S/C17H27NO2/c1-4-8-13(2)11-17(20)18-14(3)12-16(19)15-9-6-5-7-10-15/h5-7,9-10,13-14,16,19H,4,8,11-12H2,1-3H3,(H,18,20). The van der Waals surface area contributed by atoms with Crippen LogP contribution in [0.3, 0.4) is 0 Å². The molecular weight excluding hydrogens is 250 g/mol. The molecule has 1 rings (SSSR count). The van der Waals surface area contributed by atoms with Gasteiger partial charge in [-0.2, -0.15) is 0 Å². The highest BCUT2D eigenvalue weighted by atomic mass is 16.3. The molecule has 0 fully saturated rings. The van der Waals surface area contributed by atoms with E-state index >= 15 is 0 Å². The Kier molecular flexibility index (Phi) is 7.31. The molecule has 0 saturated carbocycles. The molecule has 0 heterocycles.